The van der Waals surface area contributed by atoms with Crippen LogP contribution < -0.4 is 10.2 Å². The maximum absolute atomic E-state index is 14.0. The Morgan fingerprint density at radius 3 is 2.58 bits per heavy atom. The molecule has 1 N–H and O–H groups in total. The van der Waals surface area contributed by atoms with Crippen molar-refractivity contribution >= 4 is 17.6 Å². The fourth-order valence-electron chi connectivity index (χ4n) is 4.54. The van der Waals surface area contributed by atoms with Crippen LogP contribution in [-0.4, -0.2) is 39.7 Å². The summed E-state index contributed by atoms with van der Waals surface area (Å²) in [5.41, 5.74) is 0.474. The highest BCUT2D eigenvalue weighted by Crippen LogP contribution is 2.41. The molecule has 1 spiro atoms. The first-order chi connectivity index (χ1) is 16.0. The van der Waals surface area contributed by atoms with Gasteiger partial charge in [0.25, 0.3) is 0 Å². The van der Waals surface area contributed by atoms with Gasteiger partial charge in [-0.05, 0) is 68.0 Å². The zero-order valence-corrected chi connectivity index (χ0v) is 17.9. The third-order valence-electron chi connectivity index (χ3n) is 6.38. The Morgan fingerprint density at radius 1 is 1.06 bits per heavy atom. The number of rotatable bonds is 5. The van der Waals surface area contributed by atoms with Crippen LogP contribution in [0.15, 0.2) is 55.0 Å². The number of carbonyl (C=O) groups is 1. The van der Waals surface area contributed by atoms with Crippen LogP contribution in [0.3, 0.4) is 0 Å². The molecule has 5 rings (SSSR count). The van der Waals surface area contributed by atoms with Gasteiger partial charge in [0.2, 0.25) is 5.95 Å². The molecule has 170 valence electrons. The van der Waals surface area contributed by atoms with Crippen molar-refractivity contribution in [2.45, 2.75) is 31.3 Å². The van der Waals surface area contributed by atoms with E-state index in [0.29, 0.717) is 23.8 Å². The Balaban J connectivity index is 1.15. The van der Waals surface area contributed by atoms with Gasteiger partial charge in [0.05, 0.1) is 6.54 Å². The van der Waals surface area contributed by atoms with E-state index in [1.807, 2.05) is 6.07 Å². The molecule has 9 heteroatoms. The number of amides is 1. The molecule has 0 atom stereocenters. The lowest BCUT2D eigenvalue weighted by Crippen LogP contribution is -2.39. The van der Waals surface area contributed by atoms with E-state index >= 15 is 0 Å². The first kappa shape index (κ1) is 21.2. The summed E-state index contributed by atoms with van der Waals surface area (Å²) in [6, 6.07) is 9.68. The summed E-state index contributed by atoms with van der Waals surface area (Å²) in [6.07, 6.45) is 7.17. The van der Waals surface area contributed by atoms with Gasteiger partial charge in [-0.3, -0.25) is 9.88 Å². The highest BCUT2D eigenvalue weighted by atomic mass is 19.1. The van der Waals surface area contributed by atoms with Gasteiger partial charge in [-0.15, -0.1) is 0 Å². The number of carbonyl (C=O) groups excluding carboxylic acids is 1. The predicted molar refractivity (Wildman–Crippen MR) is 119 cm³/mol. The van der Waals surface area contributed by atoms with Gasteiger partial charge in [0.1, 0.15) is 28.6 Å². The number of aromatic nitrogens is 3. The average Bonchev–Trinajstić information content (AvgIpc) is 3.15. The van der Waals surface area contributed by atoms with Crippen molar-refractivity contribution in [3.8, 4) is 11.3 Å². The molecule has 0 bridgehead atoms. The van der Waals surface area contributed by atoms with Crippen LogP contribution in [0.5, 0.6) is 0 Å². The second-order valence-corrected chi connectivity index (χ2v) is 8.54. The molecule has 0 aromatic carbocycles. The fraction of sp³-hybridized carbons (Fsp3) is 0.333. The lowest BCUT2D eigenvalue weighted by Gasteiger charge is -2.35. The van der Waals surface area contributed by atoms with Crippen LogP contribution in [0.4, 0.5) is 25.1 Å². The topological polar surface area (TPSA) is 80.2 Å². The molecule has 1 amide bonds. The highest BCUT2D eigenvalue weighted by molar-refractivity contribution is 5.90. The van der Waals surface area contributed by atoms with Gasteiger partial charge in [-0.2, -0.15) is 4.39 Å². The van der Waals surface area contributed by atoms with Gasteiger partial charge in [0, 0.05) is 30.7 Å². The molecule has 3 aromatic rings. The molecule has 1 aliphatic carbocycles. The number of nitrogens with one attached hydrogen (secondary N) is 1. The van der Waals surface area contributed by atoms with Crippen LogP contribution in [0.2, 0.25) is 0 Å². The normalized spacial score (nSPS) is 22.4. The summed E-state index contributed by atoms with van der Waals surface area (Å²) >= 11 is 0. The van der Waals surface area contributed by atoms with E-state index in [2.05, 4.69) is 20.3 Å². The number of halogens is 2. The Kier molecular flexibility index (Phi) is 5.62. The number of ether oxygens (including phenoxy) is 1. The molecule has 0 unspecified atom stereocenters. The Morgan fingerprint density at radius 2 is 1.85 bits per heavy atom. The van der Waals surface area contributed by atoms with E-state index in [4.69, 9.17) is 4.74 Å². The van der Waals surface area contributed by atoms with Crippen molar-refractivity contribution in [1.82, 2.24) is 15.0 Å². The first-order valence-corrected chi connectivity index (χ1v) is 10.9. The minimum absolute atomic E-state index is 0.156. The molecule has 2 aliphatic rings. The number of hydrogen-bond acceptors (Lipinski definition) is 6. The SMILES string of the molecule is O=C1O[C@]2(CC[C@H](CNc3ccc(-c4ncccc4F)cn3)CC2)CN1c1cccnc1F. The van der Waals surface area contributed by atoms with Gasteiger partial charge >= 0.3 is 6.09 Å². The van der Waals surface area contributed by atoms with Crippen LogP contribution in [0.25, 0.3) is 11.3 Å². The molecule has 4 heterocycles. The van der Waals surface area contributed by atoms with Crippen LogP contribution in [0, 0.1) is 17.7 Å². The summed E-state index contributed by atoms with van der Waals surface area (Å²) < 4.78 is 33.6. The second kappa shape index (κ2) is 8.73. The summed E-state index contributed by atoms with van der Waals surface area (Å²) in [5.74, 6) is 0.0522. The zero-order valence-electron chi connectivity index (χ0n) is 17.9. The van der Waals surface area contributed by atoms with Gasteiger partial charge in [-0.25, -0.2) is 19.2 Å². The monoisotopic (exact) mass is 451 g/mol. The van der Waals surface area contributed by atoms with E-state index in [-0.39, 0.29) is 17.2 Å². The summed E-state index contributed by atoms with van der Waals surface area (Å²) in [6.45, 7) is 1.07. The molecule has 33 heavy (non-hydrogen) atoms. The zero-order chi connectivity index (χ0) is 22.8. The molecule has 1 saturated carbocycles. The number of nitrogens with zero attached hydrogens (tertiary/aromatic N) is 4. The van der Waals surface area contributed by atoms with E-state index in [1.54, 1.807) is 36.7 Å². The first-order valence-electron chi connectivity index (χ1n) is 10.9. The fourth-order valence-corrected chi connectivity index (χ4v) is 4.54. The third-order valence-corrected chi connectivity index (χ3v) is 6.38. The molecule has 3 aromatic heterocycles. The molecule has 1 saturated heterocycles. The maximum atomic E-state index is 14.0. The Hall–Kier alpha value is -3.62. The molecule has 1 aliphatic heterocycles. The second-order valence-electron chi connectivity index (χ2n) is 8.54. The number of pyridine rings is 3. The summed E-state index contributed by atoms with van der Waals surface area (Å²) in [5, 5.41) is 3.34. The molecule has 0 radical (unpaired) electrons. The maximum Gasteiger partial charge on any atom is 0.415 e. The third kappa shape index (κ3) is 4.35. The van der Waals surface area contributed by atoms with E-state index in [1.165, 1.54) is 17.2 Å². The number of anilines is 2. The van der Waals surface area contributed by atoms with Gasteiger partial charge < -0.3 is 10.1 Å². The van der Waals surface area contributed by atoms with E-state index in [9.17, 15) is 13.6 Å². The van der Waals surface area contributed by atoms with Crippen molar-refractivity contribution < 1.29 is 18.3 Å². The smallest absolute Gasteiger partial charge is 0.415 e. The Bertz CT molecular complexity index is 1150. The van der Waals surface area contributed by atoms with Gasteiger partial charge in [-0.1, -0.05) is 0 Å². The molecule has 7 nitrogen and oxygen atoms in total. The Labute approximate surface area is 189 Å². The van der Waals surface area contributed by atoms with Crippen molar-refractivity contribution in [3.05, 3.63) is 66.8 Å². The van der Waals surface area contributed by atoms with Crippen LogP contribution >= 0.6 is 0 Å². The number of hydrogen-bond donors (Lipinski definition) is 1. The van der Waals surface area contributed by atoms with Crippen molar-refractivity contribution in [1.29, 1.82) is 0 Å². The van der Waals surface area contributed by atoms with Crippen molar-refractivity contribution in [3.63, 3.8) is 0 Å². The lowest BCUT2D eigenvalue weighted by molar-refractivity contribution is 0.0148. The quantitative estimate of drug-likeness (QED) is 0.561. The minimum atomic E-state index is -0.673. The molecule has 2 fully saturated rings. The summed E-state index contributed by atoms with van der Waals surface area (Å²) in [7, 11) is 0. The predicted octanol–water partition coefficient (Wildman–Crippen LogP) is 4.81. The van der Waals surface area contributed by atoms with Gasteiger partial charge in [0.15, 0.2) is 0 Å². The van der Waals surface area contributed by atoms with Crippen molar-refractivity contribution in [2.24, 2.45) is 5.92 Å². The van der Waals surface area contributed by atoms with Crippen molar-refractivity contribution in [2.75, 3.05) is 23.3 Å². The average molecular weight is 451 g/mol. The molecular formula is C24H23F2N5O2. The highest BCUT2D eigenvalue weighted by Gasteiger charge is 2.48. The molecular weight excluding hydrogens is 428 g/mol. The largest absolute Gasteiger partial charge is 0.441 e. The van der Waals surface area contributed by atoms with Crippen LogP contribution in [-0.2, 0) is 4.74 Å². The minimum Gasteiger partial charge on any atom is -0.441 e. The summed E-state index contributed by atoms with van der Waals surface area (Å²) in [4.78, 5) is 25.8. The van der Waals surface area contributed by atoms with E-state index in [0.717, 1.165) is 32.2 Å². The lowest BCUT2D eigenvalue weighted by atomic mass is 9.78. The van der Waals surface area contributed by atoms with E-state index < -0.39 is 17.6 Å². The standard InChI is InChI=1S/C24H23F2N5O2/c25-18-3-1-11-27-21(18)17-5-6-20(30-14-17)29-13-16-7-9-24(10-8-16)15-31(23(32)33-24)19-4-2-12-28-22(19)26/h1-6,11-12,14,16H,7-10,13,15H2,(H,29,30)/t16-,24-. The van der Waals surface area contributed by atoms with Crippen LogP contribution in [0.1, 0.15) is 25.7 Å².